The first-order valence-corrected chi connectivity index (χ1v) is 9.66. The molecule has 2 fully saturated rings. The number of rotatable bonds is 6. The lowest BCUT2D eigenvalue weighted by Gasteiger charge is -2.42. The molecule has 1 amide bonds. The van der Waals surface area contributed by atoms with E-state index in [9.17, 15) is 4.79 Å². The number of aromatic nitrogens is 3. The van der Waals surface area contributed by atoms with Crippen LogP contribution < -0.4 is 0 Å². The highest BCUT2D eigenvalue weighted by Crippen LogP contribution is 2.25. The number of piperidine rings is 1. The van der Waals surface area contributed by atoms with Crippen LogP contribution in [-0.2, 0) is 11.3 Å². The Morgan fingerprint density at radius 2 is 1.88 bits per heavy atom. The van der Waals surface area contributed by atoms with Gasteiger partial charge in [0.1, 0.15) is 12.7 Å². The molecule has 25 heavy (non-hydrogen) atoms. The summed E-state index contributed by atoms with van der Waals surface area (Å²) in [7, 11) is 2.20. The number of carbonyl (C=O) groups excluding carboxylic acids is 1. The van der Waals surface area contributed by atoms with Crippen molar-refractivity contribution in [3.8, 4) is 0 Å². The molecule has 3 heterocycles. The van der Waals surface area contributed by atoms with Crippen LogP contribution in [0.4, 0.5) is 0 Å². The Morgan fingerprint density at radius 3 is 2.52 bits per heavy atom. The van der Waals surface area contributed by atoms with Gasteiger partial charge in [-0.1, -0.05) is 0 Å². The summed E-state index contributed by atoms with van der Waals surface area (Å²) in [6.45, 7) is 9.70. The smallest absolute Gasteiger partial charge is 0.222 e. The van der Waals surface area contributed by atoms with Crippen molar-refractivity contribution in [2.45, 2.75) is 45.2 Å². The summed E-state index contributed by atoms with van der Waals surface area (Å²) >= 11 is 0. The summed E-state index contributed by atoms with van der Waals surface area (Å²) in [5.74, 6) is 1.02. The van der Waals surface area contributed by atoms with Gasteiger partial charge in [-0.2, -0.15) is 5.10 Å². The van der Waals surface area contributed by atoms with Crippen molar-refractivity contribution in [1.29, 1.82) is 0 Å². The van der Waals surface area contributed by atoms with Crippen LogP contribution in [0.25, 0.3) is 0 Å². The first-order chi connectivity index (χ1) is 12.1. The van der Waals surface area contributed by atoms with Gasteiger partial charge in [0.15, 0.2) is 0 Å². The number of carbonyl (C=O) groups is 1. The first kappa shape index (κ1) is 18.3. The van der Waals surface area contributed by atoms with Crippen LogP contribution in [-0.4, -0.2) is 87.7 Å². The van der Waals surface area contributed by atoms with Gasteiger partial charge >= 0.3 is 0 Å². The van der Waals surface area contributed by atoms with Crippen LogP contribution >= 0.6 is 0 Å². The zero-order valence-electron chi connectivity index (χ0n) is 15.7. The number of amides is 1. The number of piperazine rings is 1. The van der Waals surface area contributed by atoms with E-state index < -0.39 is 0 Å². The molecule has 0 saturated carbocycles. The Kier molecular flexibility index (Phi) is 6.42. The van der Waals surface area contributed by atoms with Crippen LogP contribution in [0.1, 0.15) is 32.6 Å². The van der Waals surface area contributed by atoms with Gasteiger partial charge in [-0.05, 0) is 39.2 Å². The maximum Gasteiger partial charge on any atom is 0.222 e. The molecule has 2 aliphatic rings. The van der Waals surface area contributed by atoms with Crippen molar-refractivity contribution < 1.29 is 4.79 Å². The minimum absolute atomic E-state index is 0.297. The van der Waals surface area contributed by atoms with Gasteiger partial charge in [-0.15, -0.1) is 0 Å². The maximum absolute atomic E-state index is 12.4. The summed E-state index contributed by atoms with van der Waals surface area (Å²) in [6.07, 6.45) is 6.97. The lowest BCUT2D eigenvalue weighted by molar-refractivity contribution is -0.133. The van der Waals surface area contributed by atoms with Gasteiger partial charge in [0.2, 0.25) is 5.91 Å². The van der Waals surface area contributed by atoms with Gasteiger partial charge < -0.3 is 9.80 Å². The SMILES string of the molecule is C[C@@H](C1CCN(C(=O)CCCn2cncn2)CC1)N1CCN(C)CC1. The molecule has 2 saturated heterocycles. The van der Waals surface area contributed by atoms with Crippen LogP contribution in [0.2, 0.25) is 0 Å². The fraction of sp³-hybridized carbons (Fsp3) is 0.833. The zero-order valence-corrected chi connectivity index (χ0v) is 15.7. The van der Waals surface area contributed by atoms with Crippen LogP contribution in [0.5, 0.6) is 0 Å². The van der Waals surface area contributed by atoms with Gasteiger partial charge in [-0.25, -0.2) is 4.98 Å². The zero-order chi connectivity index (χ0) is 17.6. The molecule has 0 aliphatic carbocycles. The standard InChI is InChI=1S/C18H32N6O/c1-16(22-12-10-21(2)11-13-22)17-5-8-23(9-6-17)18(25)4-3-7-24-15-19-14-20-24/h14-17H,3-13H2,1-2H3/t16-/m0/s1. The Balaban J connectivity index is 1.36. The normalized spacial score (nSPS) is 22.2. The second-order valence-corrected chi connectivity index (χ2v) is 7.56. The summed E-state index contributed by atoms with van der Waals surface area (Å²) in [6, 6.07) is 0.637. The third kappa shape index (κ3) is 5.01. The molecular weight excluding hydrogens is 316 g/mol. The number of likely N-dealkylation sites (N-methyl/N-ethyl adjacent to an activating group) is 1. The molecule has 3 rings (SSSR count). The molecule has 0 N–H and O–H groups in total. The van der Waals surface area contributed by atoms with Crippen LogP contribution in [0, 0.1) is 5.92 Å². The fourth-order valence-electron chi connectivity index (χ4n) is 4.06. The van der Waals surface area contributed by atoms with Gasteiger partial charge in [-0.3, -0.25) is 14.4 Å². The molecule has 0 radical (unpaired) electrons. The average molecular weight is 348 g/mol. The van der Waals surface area contributed by atoms with E-state index >= 15 is 0 Å². The summed E-state index contributed by atoms with van der Waals surface area (Å²) in [5.41, 5.74) is 0. The van der Waals surface area contributed by atoms with E-state index in [1.807, 2.05) is 0 Å². The highest BCUT2D eigenvalue weighted by atomic mass is 16.2. The molecule has 0 spiro atoms. The lowest BCUT2D eigenvalue weighted by atomic mass is 9.89. The van der Waals surface area contributed by atoms with Crippen molar-refractivity contribution in [3.63, 3.8) is 0 Å². The molecule has 1 atom stereocenters. The van der Waals surface area contributed by atoms with Gasteiger partial charge in [0.25, 0.3) is 0 Å². The highest BCUT2D eigenvalue weighted by Gasteiger charge is 2.30. The van der Waals surface area contributed by atoms with E-state index in [0.29, 0.717) is 18.4 Å². The molecule has 1 aromatic rings. The van der Waals surface area contributed by atoms with Crippen molar-refractivity contribution in [2.75, 3.05) is 46.3 Å². The topological polar surface area (TPSA) is 57.5 Å². The Labute approximate surface area is 151 Å². The number of aryl methyl sites for hydroxylation is 1. The largest absolute Gasteiger partial charge is 0.343 e. The third-order valence-corrected chi connectivity index (χ3v) is 5.93. The molecule has 7 heteroatoms. The molecule has 140 valence electrons. The summed E-state index contributed by atoms with van der Waals surface area (Å²) in [5, 5.41) is 4.08. The maximum atomic E-state index is 12.4. The molecular formula is C18H32N6O. The molecule has 7 nitrogen and oxygen atoms in total. The quantitative estimate of drug-likeness (QED) is 0.766. The minimum Gasteiger partial charge on any atom is -0.343 e. The number of hydrogen-bond donors (Lipinski definition) is 0. The first-order valence-electron chi connectivity index (χ1n) is 9.66. The third-order valence-electron chi connectivity index (χ3n) is 5.93. The Bertz CT molecular complexity index is 518. The molecule has 2 aliphatic heterocycles. The van der Waals surface area contributed by atoms with Crippen LogP contribution in [0.15, 0.2) is 12.7 Å². The second kappa shape index (κ2) is 8.76. The lowest BCUT2D eigenvalue weighted by Crippen LogP contribution is -2.52. The summed E-state index contributed by atoms with van der Waals surface area (Å²) < 4.78 is 1.79. The van der Waals surface area contributed by atoms with Crippen molar-refractivity contribution in [2.24, 2.45) is 5.92 Å². The molecule has 0 aromatic carbocycles. The van der Waals surface area contributed by atoms with Crippen molar-refractivity contribution in [3.05, 3.63) is 12.7 Å². The van der Waals surface area contributed by atoms with E-state index in [-0.39, 0.29) is 0 Å². The summed E-state index contributed by atoms with van der Waals surface area (Å²) in [4.78, 5) is 23.4. The predicted octanol–water partition coefficient (Wildman–Crippen LogP) is 0.933. The number of nitrogens with zero attached hydrogens (tertiary/aromatic N) is 6. The van der Waals surface area contributed by atoms with Gasteiger partial charge in [0, 0.05) is 58.3 Å². The van der Waals surface area contributed by atoms with E-state index in [2.05, 4.69) is 38.8 Å². The molecule has 0 bridgehead atoms. The molecule has 1 aromatic heterocycles. The van der Waals surface area contributed by atoms with Crippen molar-refractivity contribution in [1.82, 2.24) is 29.5 Å². The minimum atomic E-state index is 0.297. The number of likely N-dealkylation sites (tertiary alicyclic amines) is 1. The predicted molar refractivity (Wildman–Crippen MR) is 97.1 cm³/mol. The van der Waals surface area contributed by atoms with Crippen LogP contribution in [0.3, 0.4) is 0 Å². The highest BCUT2D eigenvalue weighted by molar-refractivity contribution is 5.76. The number of hydrogen-bond acceptors (Lipinski definition) is 5. The fourth-order valence-corrected chi connectivity index (χ4v) is 4.06. The molecule has 0 unspecified atom stereocenters. The van der Waals surface area contributed by atoms with Crippen molar-refractivity contribution >= 4 is 5.91 Å². The average Bonchev–Trinajstić information content (AvgIpc) is 3.15. The monoisotopic (exact) mass is 348 g/mol. The van der Waals surface area contributed by atoms with E-state index in [4.69, 9.17) is 0 Å². The van der Waals surface area contributed by atoms with E-state index in [1.54, 1.807) is 11.0 Å². The Hall–Kier alpha value is -1.47. The Morgan fingerprint density at radius 1 is 1.16 bits per heavy atom. The van der Waals surface area contributed by atoms with E-state index in [0.717, 1.165) is 44.8 Å². The van der Waals surface area contributed by atoms with E-state index in [1.165, 1.54) is 32.5 Å². The van der Waals surface area contributed by atoms with Gasteiger partial charge in [0.05, 0.1) is 0 Å². The second-order valence-electron chi connectivity index (χ2n) is 7.56.